The minimum absolute atomic E-state index is 0.0228. The highest BCUT2D eigenvalue weighted by molar-refractivity contribution is 9.10. The summed E-state index contributed by atoms with van der Waals surface area (Å²) in [6.07, 6.45) is -0.0613. The SMILES string of the molecule is CC(=O)N1Cc2ccc(Br)cc2CC(O)c2ccccc21. The van der Waals surface area contributed by atoms with Crippen molar-refractivity contribution in [1.29, 1.82) is 0 Å². The molecule has 21 heavy (non-hydrogen) atoms. The van der Waals surface area contributed by atoms with Crippen molar-refractivity contribution in [3.8, 4) is 0 Å². The maximum Gasteiger partial charge on any atom is 0.224 e. The largest absolute Gasteiger partial charge is 0.388 e. The molecule has 0 aromatic heterocycles. The molecule has 0 saturated carbocycles. The van der Waals surface area contributed by atoms with E-state index in [1.165, 1.54) is 0 Å². The molecule has 3 nitrogen and oxygen atoms in total. The van der Waals surface area contributed by atoms with E-state index in [9.17, 15) is 9.90 Å². The number of hydrogen-bond donors (Lipinski definition) is 1. The second kappa shape index (κ2) is 5.62. The molecule has 4 heteroatoms. The number of carbonyl (C=O) groups excluding carboxylic acids is 1. The van der Waals surface area contributed by atoms with Crippen molar-refractivity contribution >= 4 is 27.5 Å². The quantitative estimate of drug-likeness (QED) is 0.792. The highest BCUT2D eigenvalue weighted by atomic mass is 79.9. The Morgan fingerprint density at radius 3 is 2.76 bits per heavy atom. The first-order valence-electron chi connectivity index (χ1n) is 6.88. The first kappa shape index (κ1) is 14.3. The third-order valence-electron chi connectivity index (χ3n) is 3.88. The fraction of sp³-hybridized carbons (Fsp3) is 0.235. The summed E-state index contributed by atoms with van der Waals surface area (Å²) in [4.78, 5) is 13.8. The molecule has 1 aliphatic rings. The zero-order valence-corrected chi connectivity index (χ0v) is 13.3. The van der Waals surface area contributed by atoms with Gasteiger partial charge in [0.15, 0.2) is 0 Å². The van der Waals surface area contributed by atoms with Gasteiger partial charge in [-0.2, -0.15) is 0 Å². The van der Waals surface area contributed by atoms with Crippen molar-refractivity contribution in [2.24, 2.45) is 0 Å². The third kappa shape index (κ3) is 2.74. The van der Waals surface area contributed by atoms with Crippen molar-refractivity contribution in [1.82, 2.24) is 0 Å². The normalized spacial score (nSPS) is 17.5. The van der Waals surface area contributed by atoms with Crippen LogP contribution < -0.4 is 4.90 Å². The van der Waals surface area contributed by atoms with Crippen LogP contribution >= 0.6 is 15.9 Å². The average Bonchev–Trinajstić information content (AvgIpc) is 2.44. The Balaban J connectivity index is 2.15. The Hall–Kier alpha value is -1.65. The lowest BCUT2D eigenvalue weighted by Crippen LogP contribution is -2.31. The van der Waals surface area contributed by atoms with Crippen LogP contribution in [0.15, 0.2) is 46.9 Å². The number of hydrogen-bond acceptors (Lipinski definition) is 2. The fourth-order valence-corrected chi connectivity index (χ4v) is 3.22. The molecule has 0 radical (unpaired) electrons. The summed E-state index contributed by atoms with van der Waals surface area (Å²) in [5.74, 6) is -0.0228. The van der Waals surface area contributed by atoms with Gasteiger partial charge in [-0.05, 0) is 29.3 Å². The van der Waals surface area contributed by atoms with E-state index in [1.54, 1.807) is 11.8 Å². The van der Waals surface area contributed by atoms with Crippen molar-refractivity contribution in [3.63, 3.8) is 0 Å². The van der Waals surface area contributed by atoms with E-state index in [2.05, 4.69) is 15.9 Å². The smallest absolute Gasteiger partial charge is 0.224 e. The Morgan fingerprint density at radius 1 is 1.24 bits per heavy atom. The van der Waals surface area contributed by atoms with Crippen LogP contribution in [0.25, 0.3) is 0 Å². The van der Waals surface area contributed by atoms with E-state index in [1.807, 2.05) is 42.5 Å². The monoisotopic (exact) mass is 345 g/mol. The predicted octanol–water partition coefficient (Wildman–Crippen LogP) is 3.59. The second-order valence-corrected chi connectivity index (χ2v) is 6.21. The summed E-state index contributed by atoms with van der Waals surface area (Å²) in [5, 5.41) is 10.6. The van der Waals surface area contributed by atoms with Crippen LogP contribution in [-0.2, 0) is 17.8 Å². The predicted molar refractivity (Wildman–Crippen MR) is 86.1 cm³/mol. The number of carbonyl (C=O) groups is 1. The topological polar surface area (TPSA) is 40.5 Å². The summed E-state index contributed by atoms with van der Waals surface area (Å²) < 4.78 is 0.983. The van der Waals surface area contributed by atoms with Crippen LogP contribution in [0.2, 0.25) is 0 Å². The number of halogens is 1. The molecule has 0 spiro atoms. The Morgan fingerprint density at radius 2 is 2.00 bits per heavy atom. The van der Waals surface area contributed by atoms with E-state index in [0.29, 0.717) is 13.0 Å². The van der Waals surface area contributed by atoms with Crippen molar-refractivity contribution in [2.75, 3.05) is 4.90 Å². The number of benzene rings is 2. The summed E-state index contributed by atoms with van der Waals surface area (Å²) >= 11 is 3.47. The van der Waals surface area contributed by atoms with Crippen LogP contribution in [0.1, 0.15) is 29.7 Å². The van der Waals surface area contributed by atoms with Crippen LogP contribution in [0.3, 0.4) is 0 Å². The van der Waals surface area contributed by atoms with Gasteiger partial charge in [0.05, 0.1) is 12.6 Å². The molecule has 1 unspecified atom stereocenters. The number of para-hydroxylation sites is 1. The van der Waals surface area contributed by atoms with Crippen LogP contribution in [0.4, 0.5) is 5.69 Å². The molecule has 108 valence electrons. The molecule has 1 atom stereocenters. The Kier molecular flexibility index (Phi) is 3.83. The lowest BCUT2D eigenvalue weighted by atomic mass is 9.93. The molecule has 0 aliphatic carbocycles. The van der Waals surface area contributed by atoms with Crippen molar-refractivity contribution < 1.29 is 9.90 Å². The van der Waals surface area contributed by atoms with Gasteiger partial charge in [0.2, 0.25) is 5.91 Å². The number of aliphatic hydroxyl groups excluding tert-OH is 1. The maximum atomic E-state index is 12.0. The van der Waals surface area contributed by atoms with Gasteiger partial charge in [0.25, 0.3) is 0 Å². The first-order valence-corrected chi connectivity index (χ1v) is 7.68. The Bertz CT molecular complexity index is 699. The van der Waals surface area contributed by atoms with Gasteiger partial charge in [-0.1, -0.05) is 40.2 Å². The van der Waals surface area contributed by atoms with Gasteiger partial charge < -0.3 is 10.0 Å². The van der Waals surface area contributed by atoms with Crippen LogP contribution in [0, 0.1) is 0 Å². The molecule has 3 rings (SSSR count). The van der Waals surface area contributed by atoms with Crippen LogP contribution in [0.5, 0.6) is 0 Å². The lowest BCUT2D eigenvalue weighted by molar-refractivity contribution is -0.116. The van der Waals surface area contributed by atoms with Crippen molar-refractivity contribution in [2.45, 2.75) is 26.0 Å². The van der Waals surface area contributed by atoms with Gasteiger partial charge in [0, 0.05) is 29.1 Å². The summed E-state index contributed by atoms with van der Waals surface area (Å²) in [7, 11) is 0. The minimum atomic E-state index is -0.614. The molecule has 1 amide bonds. The van der Waals surface area contributed by atoms with Gasteiger partial charge in [-0.15, -0.1) is 0 Å². The molecule has 1 N–H and O–H groups in total. The molecule has 0 bridgehead atoms. The summed E-state index contributed by atoms with van der Waals surface area (Å²) in [6.45, 7) is 2.09. The molecular formula is C17H16BrNO2. The highest BCUT2D eigenvalue weighted by Crippen LogP contribution is 2.34. The van der Waals surface area contributed by atoms with Gasteiger partial charge in [-0.3, -0.25) is 4.79 Å². The lowest BCUT2D eigenvalue weighted by Gasteiger charge is -2.30. The molecule has 0 saturated heterocycles. The molecule has 1 aliphatic heterocycles. The average molecular weight is 346 g/mol. The second-order valence-electron chi connectivity index (χ2n) is 5.30. The van der Waals surface area contributed by atoms with Crippen LogP contribution in [-0.4, -0.2) is 11.0 Å². The molecule has 0 fully saturated rings. The number of fused-ring (bicyclic) bond motifs is 2. The van der Waals surface area contributed by atoms with E-state index in [4.69, 9.17) is 0 Å². The van der Waals surface area contributed by atoms with E-state index < -0.39 is 6.10 Å². The van der Waals surface area contributed by atoms with Gasteiger partial charge >= 0.3 is 0 Å². The zero-order valence-electron chi connectivity index (χ0n) is 11.7. The minimum Gasteiger partial charge on any atom is -0.388 e. The van der Waals surface area contributed by atoms with Crippen molar-refractivity contribution in [3.05, 3.63) is 63.6 Å². The van der Waals surface area contributed by atoms with E-state index in [-0.39, 0.29) is 5.91 Å². The molecule has 2 aromatic carbocycles. The third-order valence-corrected chi connectivity index (χ3v) is 4.37. The van der Waals surface area contributed by atoms with Gasteiger partial charge in [-0.25, -0.2) is 0 Å². The Labute approximate surface area is 132 Å². The summed E-state index contributed by atoms with van der Waals surface area (Å²) in [5.41, 5.74) is 3.74. The molecular weight excluding hydrogens is 330 g/mol. The number of nitrogens with zero attached hydrogens (tertiary/aromatic N) is 1. The number of amides is 1. The fourth-order valence-electron chi connectivity index (χ4n) is 2.81. The molecule has 1 heterocycles. The zero-order chi connectivity index (χ0) is 15.0. The van der Waals surface area contributed by atoms with E-state index in [0.717, 1.165) is 26.9 Å². The van der Waals surface area contributed by atoms with Gasteiger partial charge in [0.1, 0.15) is 0 Å². The standard InChI is InChI=1S/C17H16BrNO2/c1-11(20)19-10-12-6-7-14(18)8-13(12)9-17(21)15-4-2-3-5-16(15)19/h2-8,17,21H,9-10H2,1H3. The maximum absolute atomic E-state index is 12.0. The number of rotatable bonds is 0. The number of anilines is 1. The number of aliphatic hydroxyl groups is 1. The van der Waals surface area contributed by atoms with E-state index >= 15 is 0 Å². The molecule has 2 aromatic rings. The first-order chi connectivity index (χ1) is 10.1. The summed E-state index contributed by atoms with van der Waals surface area (Å²) in [6, 6.07) is 13.6. The highest BCUT2D eigenvalue weighted by Gasteiger charge is 2.24.